The number of hydrogen-bond acceptors (Lipinski definition) is 4. The molecule has 0 fully saturated rings. The number of rotatable bonds is 4. The molecule has 0 spiro atoms. The van der Waals surface area contributed by atoms with E-state index >= 15 is 0 Å². The summed E-state index contributed by atoms with van der Waals surface area (Å²) in [5.74, 6) is -1.40. The molecule has 0 radical (unpaired) electrons. The minimum atomic E-state index is -0.731. The van der Waals surface area contributed by atoms with E-state index < -0.39 is 11.6 Å². The fraction of sp³-hybridized carbons (Fsp3) is 0.143. The third kappa shape index (κ3) is 3.82. The lowest BCUT2D eigenvalue weighted by atomic mass is 10.2. The van der Waals surface area contributed by atoms with Crippen molar-refractivity contribution < 1.29 is 8.78 Å². The summed E-state index contributed by atoms with van der Waals surface area (Å²) in [5.41, 5.74) is 0.411. The fourth-order valence-corrected chi connectivity index (χ4v) is 1.41. The van der Waals surface area contributed by atoms with Gasteiger partial charge in [0.15, 0.2) is 5.57 Å². The minimum absolute atomic E-state index is 0.0624. The third-order valence-corrected chi connectivity index (χ3v) is 2.37. The lowest BCUT2D eigenvalue weighted by molar-refractivity contribution is 0.527. The Hall–Kier alpha value is -2.86. The standard InChI is InChI=1S/C14H12F2N4/c1-20(2)14(10(8-17)9-18)5-6-19-13-4-3-11(15)7-12(13)16/h3-7,19H,1-2H3/b6-5+. The number of anilines is 1. The second kappa shape index (κ2) is 6.91. The molecule has 0 atom stereocenters. The summed E-state index contributed by atoms with van der Waals surface area (Å²) in [6.07, 6.45) is 2.84. The predicted octanol–water partition coefficient (Wildman–Crippen LogP) is 2.75. The van der Waals surface area contributed by atoms with E-state index in [2.05, 4.69) is 5.32 Å². The van der Waals surface area contributed by atoms with E-state index in [1.54, 1.807) is 31.1 Å². The molecule has 1 N–H and O–H groups in total. The highest BCUT2D eigenvalue weighted by Crippen LogP contribution is 2.15. The molecule has 0 saturated carbocycles. The van der Waals surface area contributed by atoms with E-state index in [9.17, 15) is 8.78 Å². The van der Waals surface area contributed by atoms with E-state index in [4.69, 9.17) is 10.5 Å². The van der Waals surface area contributed by atoms with Gasteiger partial charge in [0.2, 0.25) is 0 Å². The summed E-state index contributed by atoms with van der Waals surface area (Å²) in [7, 11) is 3.35. The van der Waals surface area contributed by atoms with Gasteiger partial charge in [-0.2, -0.15) is 10.5 Å². The van der Waals surface area contributed by atoms with Gasteiger partial charge in [-0.3, -0.25) is 0 Å². The van der Waals surface area contributed by atoms with Gasteiger partial charge in [0.05, 0.1) is 11.4 Å². The summed E-state index contributed by atoms with van der Waals surface area (Å²) < 4.78 is 26.1. The second-order valence-corrected chi connectivity index (χ2v) is 3.98. The molecule has 0 aromatic heterocycles. The number of nitriles is 2. The molecule has 0 aliphatic carbocycles. The summed E-state index contributed by atoms with van der Waals surface area (Å²) in [4.78, 5) is 1.58. The van der Waals surface area contributed by atoms with Crippen LogP contribution in [0.15, 0.2) is 41.7 Å². The molecular weight excluding hydrogens is 262 g/mol. The first-order chi connectivity index (χ1) is 9.49. The zero-order valence-electron chi connectivity index (χ0n) is 11.0. The fourth-order valence-electron chi connectivity index (χ4n) is 1.41. The Bertz CT molecular complexity index is 618. The number of likely N-dealkylation sites (N-methyl/N-ethyl adjacent to an activating group) is 1. The van der Waals surface area contributed by atoms with Gasteiger partial charge in [0.1, 0.15) is 23.8 Å². The molecule has 0 aliphatic rings. The molecule has 4 nitrogen and oxygen atoms in total. The second-order valence-electron chi connectivity index (χ2n) is 3.98. The number of nitrogens with one attached hydrogen (secondary N) is 1. The molecule has 102 valence electrons. The first-order valence-corrected chi connectivity index (χ1v) is 5.59. The zero-order chi connectivity index (χ0) is 15.1. The number of benzene rings is 1. The van der Waals surface area contributed by atoms with Crippen molar-refractivity contribution >= 4 is 5.69 Å². The summed E-state index contributed by atoms with van der Waals surface area (Å²) in [5, 5.41) is 20.3. The van der Waals surface area contributed by atoms with Crippen LogP contribution in [-0.4, -0.2) is 19.0 Å². The highest BCUT2D eigenvalue weighted by atomic mass is 19.1. The number of hydrogen-bond donors (Lipinski definition) is 1. The maximum Gasteiger partial charge on any atom is 0.152 e. The smallest absolute Gasteiger partial charge is 0.152 e. The number of halogens is 2. The average molecular weight is 274 g/mol. The van der Waals surface area contributed by atoms with Gasteiger partial charge < -0.3 is 10.2 Å². The molecule has 6 heteroatoms. The average Bonchev–Trinajstić information content (AvgIpc) is 2.40. The van der Waals surface area contributed by atoms with Crippen molar-refractivity contribution in [2.75, 3.05) is 19.4 Å². The Balaban J connectivity index is 2.95. The number of nitrogens with zero attached hydrogens (tertiary/aromatic N) is 3. The molecule has 0 bridgehead atoms. The zero-order valence-corrected chi connectivity index (χ0v) is 11.0. The molecular formula is C14H12F2N4. The van der Waals surface area contributed by atoms with Crippen LogP contribution in [0.5, 0.6) is 0 Å². The summed E-state index contributed by atoms with van der Waals surface area (Å²) >= 11 is 0. The Labute approximate surface area is 115 Å². The highest BCUT2D eigenvalue weighted by molar-refractivity contribution is 5.49. The SMILES string of the molecule is CN(C)C(/C=C/Nc1ccc(F)cc1F)=C(C#N)C#N. The maximum atomic E-state index is 13.4. The monoisotopic (exact) mass is 274 g/mol. The predicted molar refractivity (Wildman–Crippen MR) is 71.1 cm³/mol. The molecule has 1 aromatic carbocycles. The molecule has 20 heavy (non-hydrogen) atoms. The van der Waals surface area contributed by atoms with Gasteiger partial charge in [0.25, 0.3) is 0 Å². The van der Waals surface area contributed by atoms with Crippen LogP contribution in [0, 0.1) is 34.3 Å². The van der Waals surface area contributed by atoms with Crippen LogP contribution in [0.25, 0.3) is 0 Å². The van der Waals surface area contributed by atoms with Crippen molar-refractivity contribution in [2.45, 2.75) is 0 Å². The quantitative estimate of drug-likeness (QED) is 0.677. The van der Waals surface area contributed by atoms with Crippen molar-refractivity contribution in [1.29, 1.82) is 10.5 Å². The summed E-state index contributed by atoms with van der Waals surface area (Å²) in [6, 6.07) is 6.68. The van der Waals surface area contributed by atoms with E-state index in [1.165, 1.54) is 18.3 Å². The number of allylic oxidation sites excluding steroid dienone is 2. The van der Waals surface area contributed by atoms with Crippen LogP contribution < -0.4 is 5.32 Å². The summed E-state index contributed by atoms with van der Waals surface area (Å²) in [6.45, 7) is 0. The van der Waals surface area contributed by atoms with Crippen LogP contribution in [0.1, 0.15) is 0 Å². The first-order valence-electron chi connectivity index (χ1n) is 5.59. The van der Waals surface area contributed by atoms with E-state index in [0.29, 0.717) is 5.70 Å². The van der Waals surface area contributed by atoms with Crippen molar-refractivity contribution in [3.8, 4) is 12.1 Å². The van der Waals surface area contributed by atoms with Crippen LogP contribution in [-0.2, 0) is 0 Å². The molecule has 0 aliphatic heterocycles. The lowest BCUT2D eigenvalue weighted by Crippen LogP contribution is -2.11. The Morgan fingerprint density at radius 2 is 1.90 bits per heavy atom. The van der Waals surface area contributed by atoms with Gasteiger partial charge >= 0.3 is 0 Å². The maximum absolute atomic E-state index is 13.4. The van der Waals surface area contributed by atoms with Gasteiger partial charge in [-0.15, -0.1) is 0 Å². The topological polar surface area (TPSA) is 62.9 Å². The highest BCUT2D eigenvalue weighted by Gasteiger charge is 2.05. The van der Waals surface area contributed by atoms with Gasteiger partial charge in [-0.05, 0) is 18.2 Å². The molecule has 0 heterocycles. The van der Waals surface area contributed by atoms with Crippen LogP contribution in [0.3, 0.4) is 0 Å². The molecule has 1 rings (SSSR count). The van der Waals surface area contributed by atoms with E-state index in [1.807, 2.05) is 0 Å². The molecule has 0 unspecified atom stereocenters. The van der Waals surface area contributed by atoms with Crippen molar-refractivity contribution in [3.63, 3.8) is 0 Å². The van der Waals surface area contributed by atoms with E-state index in [-0.39, 0.29) is 11.3 Å². The first kappa shape index (κ1) is 15.2. The van der Waals surface area contributed by atoms with Gasteiger partial charge in [-0.25, -0.2) is 8.78 Å². The van der Waals surface area contributed by atoms with Crippen LogP contribution in [0.2, 0.25) is 0 Å². The third-order valence-electron chi connectivity index (χ3n) is 2.37. The van der Waals surface area contributed by atoms with Crippen molar-refractivity contribution in [2.24, 2.45) is 0 Å². The Kier molecular flexibility index (Phi) is 5.25. The molecule has 1 aromatic rings. The Morgan fingerprint density at radius 1 is 1.25 bits per heavy atom. The van der Waals surface area contributed by atoms with Crippen molar-refractivity contribution in [1.82, 2.24) is 4.90 Å². The molecule has 0 amide bonds. The van der Waals surface area contributed by atoms with Gasteiger partial charge in [-0.1, -0.05) is 0 Å². The van der Waals surface area contributed by atoms with Crippen LogP contribution >= 0.6 is 0 Å². The molecule has 0 saturated heterocycles. The van der Waals surface area contributed by atoms with Crippen molar-refractivity contribution in [3.05, 3.63) is 53.4 Å². The Morgan fingerprint density at radius 3 is 2.40 bits per heavy atom. The van der Waals surface area contributed by atoms with E-state index in [0.717, 1.165) is 12.1 Å². The van der Waals surface area contributed by atoms with Crippen LogP contribution in [0.4, 0.5) is 14.5 Å². The van der Waals surface area contributed by atoms with Gasteiger partial charge in [0, 0.05) is 26.4 Å². The largest absolute Gasteiger partial charge is 0.376 e. The minimum Gasteiger partial charge on any atom is -0.376 e. The normalized spacial score (nSPS) is 9.70. The lowest BCUT2D eigenvalue weighted by Gasteiger charge is -2.13.